The van der Waals surface area contributed by atoms with Gasteiger partial charge in [0, 0.05) is 18.3 Å². The summed E-state index contributed by atoms with van der Waals surface area (Å²) in [6, 6.07) is 18.8. The molecule has 134 valence electrons. The number of hydrogen-bond acceptors (Lipinski definition) is 3. The van der Waals surface area contributed by atoms with Crippen LogP contribution in [0, 0.1) is 0 Å². The maximum Gasteiger partial charge on any atom is 0.253 e. The third-order valence-electron chi connectivity index (χ3n) is 4.21. The Bertz CT molecular complexity index is 857. The highest BCUT2D eigenvalue weighted by molar-refractivity contribution is 5.81. The molecule has 0 saturated heterocycles. The van der Waals surface area contributed by atoms with Gasteiger partial charge in [-0.05, 0) is 23.6 Å². The number of aliphatic hydroxyl groups is 1. The lowest BCUT2D eigenvalue weighted by Crippen LogP contribution is -2.29. The van der Waals surface area contributed by atoms with Crippen molar-refractivity contribution < 1.29 is 9.90 Å². The van der Waals surface area contributed by atoms with E-state index in [0.29, 0.717) is 12.1 Å². The average molecular weight is 349 g/mol. The van der Waals surface area contributed by atoms with Gasteiger partial charge in [-0.3, -0.25) is 4.79 Å². The van der Waals surface area contributed by atoms with Crippen molar-refractivity contribution in [3.8, 4) is 5.69 Å². The molecule has 1 atom stereocenters. The van der Waals surface area contributed by atoms with Crippen molar-refractivity contribution >= 4 is 5.91 Å². The first kappa shape index (κ1) is 17.9. The summed E-state index contributed by atoms with van der Waals surface area (Å²) in [5, 5.41) is 17.7. The molecule has 0 radical (unpaired) electrons. The molecule has 3 aromatic rings. The Balaban J connectivity index is 1.75. The van der Waals surface area contributed by atoms with Crippen LogP contribution in [0.2, 0.25) is 0 Å². The molecule has 0 spiro atoms. The fourth-order valence-electron chi connectivity index (χ4n) is 2.82. The van der Waals surface area contributed by atoms with E-state index in [9.17, 15) is 9.90 Å². The van der Waals surface area contributed by atoms with E-state index < -0.39 is 12.0 Å². The van der Waals surface area contributed by atoms with Crippen LogP contribution in [0.15, 0.2) is 66.9 Å². The molecule has 1 amide bonds. The van der Waals surface area contributed by atoms with E-state index >= 15 is 0 Å². The van der Waals surface area contributed by atoms with E-state index in [0.717, 1.165) is 16.9 Å². The second-order valence-electron chi connectivity index (χ2n) is 6.51. The van der Waals surface area contributed by atoms with Crippen molar-refractivity contribution in [1.82, 2.24) is 15.1 Å². The number of aromatic nitrogens is 2. The highest BCUT2D eigenvalue weighted by atomic mass is 16.3. The molecule has 5 heteroatoms. The van der Waals surface area contributed by atoms with Gasteiger partial charge in [0.25, 0.3) is 5.91 Å². The Morgan fingerprint density at radius 3 is 2.31 bits per heavy atom. The number of hydrogen-bond donors (Lipinski definition) is 2. The van der Waals surface area contributed by atoms with Crippen molar-refractivity contribution in [3.63, 3.8) is 0 Å². The van der Waals surface area contributed by atoms with E-state index in [-0.39, 0.29) is 5.92 Å². The molecule has 2 N–H and O–H groups in total. The van der Waals surface area contributed by atoms with Gasteiger partial charge < -0.3 is 10.4 Å². The van der Waals surface area contributed by atoms with E-state index in [1.165, 1.54) is 0 Å². The lowest BCUT2D eigenvalue weighted by molar-refractivity contribution is -0.129. The third kappa shape index (κ3) is 4.00. The van der Waals surface area contributed by atoms with Crippen LogP contribution in [0.3, 0.4) is 0 Å². The summed E-state index contributed by atoms with van der Waals surface area (Å²) in [5.41, 5.74) is 3.42. The van der Waals surface area contributed by atoms with Crippen molar-refractivity contribution in [2.45, 2.75) is 32.4 Å². The molecule has 0 fully saturated rings. The SMILES string of the molecule is CC(C)c1nn(-c2ccccc2)cc1CNC(=O)C(O)c1ccccc1. The number of nitrogens with one attached hydrogen (secondary N) is 1. The van der Waals surface area contributed by atoms with Crippen molar-refractivity contribution in [2.24, 2.45) is 0 Å². The highest BCUT2D eigenvalue weighted by Gasteiger charge is 2.19. The van der Waals surface area contributed by atoms with Gasteiger partial charge in [0.05, 0.1) is 11.4 Å². The molecule has 1 aromatic heterocycles. The fourth-order valence-corrected chi connectivity index (χ4v) is 2.82. The van der Waals surface area contributed by atoms with Crippen LogP contribution in [0.5, 0.6) is 0 Å². The maximum absolute atomic E-state index is 12.3. The molecule has 0 aliphatic carbocycles. The lowest BCUT2D eigenvalue weighted by Gasteiger charge is -2.12. The fraction of sp³-hybridized carbons (Fsp3) is 0.238. The summed E-state index contributed by atoms with van der Waals surface area (Å²) < 4.78 is 1.82. The predicted octanol–water partition coefficient (Wildman–Crippen LogP) is 3.35. The predicted molar refractivity (Wildman–Crippen MR) is 101 cm³/mol. The Labute approximate surface area is 153 Å². The molecule has 0 bridgehead atoms. The van der Waals surface area contributed by atoms with Gasteiger partial charge in [-0.1, -0.05) is 62.4 Å². The van der Waals surface area contributed by atoms with Gasteiger partial charge in [0.2, 0.25) is 0 Å². The van der Waals surface area contributed by atoms with E-state index in [2.05, 4.69) is 24.3 Å². The summed E-state index contributed by atoms with van der Waals surface area (Å²) in [6.45, 7) is 4.46. The first-order valence-electron chi connectivity index (χ1n) is 8.71. The zero-order chi connectivity index (χ0) is 18.5. The number of carbonyl (C=O) groups is 1. The van der Waals surface area contributed by atoms with Gasteiger partial charge in [-0.25, -0.2) is 4.68 Å². The maximum atomic E-state index is 12.3. The van der Waals surface area contributed by atoms with Gasteiger partial charge >= 0.3 is 0 Å². The molecule has 26 heavy (non-hydrogen) atoms. The minimum Gasteiger partial charge on any atom is -0.378 e. The van der Waals surface area contributed by atoms with Gasteiger partial charge in [0.1, 0.15) is 0 Å². The molecular weight excluding hydrogens is 326 g/mol. The Hall–Kier alpha value is -2.92. The number of amides is 1. The molecule has 2 aromatic carbocycles. The normalized spacial score (nSPS) is 12.2. The summed E-state index contributed by atoms with van der Waals surface area (Å²) >= 11 is 0. The average Bonchev–Trinajstić information content (AvgIpc) is 3.11. The van der Waals surface area contributed by atoms with Crippen molar-refractivity contribution in [2.75, 3.05) is 0 Å². The number of para-hydroxylation sites is 1. The van der Waals surface area contributed by atoms with Gasteiger partial charge in [-0.2, -0.15) is 5.10 Å². The Kier molecular flexibility index (Phi) is 5.49. The molecular formula is C21H23N3O2. The van der Waals surface area contributed by atoms with Crippen LogP contribution in [0.25, 0.3) is 5.69 Å². The summed E-state index contributed by atoms with van der Waals surface area (Å²) in [4.78, 5) is 12.3. The molecule has 3 rings (SSSR count). The molecule has 0 aliphatic heterocycles. The minimum absolute atomic E-state index is 0.228. The first-order valence-corrected chi connectivity index (χ1v) is 8.71. The lowest BCUT2D eigenvalue weighted by atomic mass is 10.1. The standard InChI is InChI=1S/C21H23N3O2/c1-15(2)19-17(14-24(23-19)18-11-7-4-8-12-18)13-22-21(26)20(25)16-9-5-3-6-10-16/h3-12,14-15,20,25H,13H2,1-2H3,(H,22,26). The highest BCUT2D eigenvalue weighted by Crippen LogP contribution is 2.20. The number of nitrogens with zero attached hydrogens (tertiary/aromatic N) is 2. The Morgan fingerprint density at radius 1 is 1.08 bits per heavy atom. The molecule has 0 saturated carbocycles. The van der Waals surface area contributed by atoms with Crippen LogP contribution in [0.4, 0.5) is 0 Å². The van der Waals surface area contributed by atoms with E-state index in [4.69, 9.17) is 0 Å². The molecule has 5 nitrogen and oxygen atoms in total. The second kappa shape index (κ2) is 7.97. The van der Waals surface area contributed by atoms with Crippen LogP contribution < -0.4 is 5.32 Å². The zero-order valence-electron chi connectivity index (χ0n) is 15.0. The topological polar surface area (TPSA) is 67.2 Å². The van der Waals surface area contributed by atoms with E-state index in [1.54, 1.807) is 24.3 Å². The van der Waals surface area contributed by atoms with Gasteiger partial charge in [0.15, 0.2) is 6.10 Å². The van der Waals surface area contributed by atoms with E-state index in [1.807, 2.05) is 47.3 Å². The van der Waals surface area contributed by atoms with Crippen molar-refractivity contribution in [3.05, 3.63) is 83.7 Å². The minimum atomic E-state index is -1.18. The molecule has 1 unspecified atom stereocenters. The largest absolute Gasteiger partial charge is 0.378 e. The monoisotopic (exact) mass is 349 g/mol. The Morgan fingerprint density at radius 2 is 1.69 bits per heavy atom. The smallest absolute Gasteiger partial charge is 0.253 e. The van der Waals surface area contributed by atoms with Crippen LogP contribution >= 0.6 is 0 Å². The second-order valence-corrected chi connectivity index (χ2v) is 6.51. The zero-order valence-corrected chi connectivity index (χ0v) is 15.0. The molecule has 1 heterocycles. The third-order valence-corrected chi connectivity index (χ3v) is 4.21. The summed E-state index contributed by atoms with van der Waals surface area (Å²) in [7, 11) is 0. The van der Waals surface area contributed by atoms with Crippen LogP contribution in [-0.4, -0.2) is 20.8 Å². The first-order chi connectivity index (χ1) is 12.6. The van der Waals surface area contributed by atoms with Crippen LogP contribution in [-0.2, 0) is 11.3 Å². The number of carbonyl (C=O) groups excluding carboxylic acids is 1. The number of rotatable bonds is 6. The quantitative estimate of drug-likeness (QED) is 0.717. The summed E-state index contributed by atoms with van der Waals surface area (Å²) in [5.74, 6) is -0.190. The van der Waals surface area contributed by atoms with Crippen molar-refractivity contribution in [1.29, 1.82) is 0 Å². The van der Waals surface area contributed by atoms with Gasteiger partial charge in [-0.15, -0.1) is 0 Å². The van der Waals surface area contributed by atoms with Crippen LogP contribution in [0.1, 0.15) is 42.7 Å². The molecule has 0 aliphatic rings. The number of benzene rings is 2. The summed E-state index contributed by atoms with van der Waals surface area (Å²) in [6.07, 6.45) is 0.753. The number of aliphatic hydroxyl groups excluding tert-OH is 1.